The Bertz CT molecular complexity index is 3650. The molecule has 0 bridgehead atoms. The molecule has 4 amide bonds. The summed E-state index contributed by atoms with van der Waals surface area (Å²) in [7, 11) is -0.546. The van der Waals surface area contributed by atoms with Crippen molar-refractivity contribution in [3.8, 4) is 22.3 Å². The number of nitrogens with one attached hydrogen (secondary N) is 5. The number of nitrogens with zero attached hydrogens (tertiary/aromatic N) is 1. The van der Waals surface area contributed by atoms with Gasteiger partial charge in [-0.25, -0.2) is 0 Å². The fourth-order valence-corrected chi connectivity index (χ4v) is 13.4. The fraction of sp³-hybridized carbons (Fsp3) is 0.561. The van der Waals surface area contributed by atoms with Gasteiger partial charge in [0.2, 0.25) is 29.4 Å². The van der Waals surface area contributed by atoms with E-state index in [9.17, 15) is 67.7 Å². The minimum atomic E-state index is -1.39. The van der Waals surface area contributed by atoms with Gasteiger partial charge in [0.05, 0.1) is 36.1 Å². The van der Waals surface area contributed by atoms with E-state index >= 15 is 0 Å². The number of amides is 4. The van der Waals surface area contributed by atoms with Crippen LogP contribution in [0.2, 0.25) is 15.9 Å². The van der Waals surface area contributed by atoms with Crippen molar-refractivity contribution in [1.29, 1.82) is 0 Å². The summed E-state index contributed by atoms with van der Waals surface area (Å²) in [5.74, 6) is -10.9. The van der Waals surface area contributed by atoms with E-state index in [2.05, 4.69) is 31.5 Å². The summed E-state index contributed by atoms with van der Waals surface area (Å²) in [4.78, 5) is 161. The van der Waals surface area contributed by atoms with Crippen molar-refractivity contribution in [1.82, 2.24) is 31.5 Å². The lowest BCUT2D eigenvalue weighted by Crippen LogP contribution is -2.51. The molecule has 0 unspecified atom stereocenters. The van der Waals surface area contributed by atoms with Crippen LogP contribution in [-0.2, 0) is 57.3 Å². The molecule has 2 aliphatic heterocycles. The van der Waals surface area contributed by atoms with Gasteiger partial charge in [-0.3, -0.25) is 57.5 Å². The number of carbonyl (C=O) groups excluding carboxylic acids is 12. The van der Waals surface area contributed by atoms with Crippen molar-refractivity contribution in [2.45, 2.75) is 193 Å². The number of nitrogens with two attached hydrogens (primary N) is 4. The van der Waals surface area contributed by atoms with E-state index in [4.69, 9.17) is 55.4 Å². The predicted octanol–water partition coefficient (Wildman–Crippen LogP) is 6.93. The van der Waals surface area contributed by atoms with E-state index in [0.717, 1.165) is 54.7 Å². The number of piperidine rings is 1. The van der Waals surface area contributed by atoms with Crippen LogP contribution in [0.3, 0.4) is 0 Å². The van der Waals surface area contributed by atoms with Gasteiger partial charge in [0, 0.05) is 123 Å². The zero-order valence-corrected chi connectivity index (χ0v) is 66.7. The van der Waals surface area contributed by atoms with Crippen LogP contribution in [0.4, 0.5) is 0 Å². The van der Waals surface area contributed by atoms with Crippen LogP contribution in [0.15, 0.2) is 97.1 Å². The largest absolute Gasteiger partial charge is 0.460 e. The van der Waals surface area contributed by atoms with Gasteiger partial charge in [-0.1, -0.05) is 130 Å². The van der Waals surface area contributed by atoms with Gasteiger partial charge >= 0.3 is 7.12 Å². The van der Waals surface area contributed by atoms with Gasteiger partial charge in [-0.15, -0.1) is 0 Å². The number of carbonyl (C=O) groups is 12. The van der Waals surface area contributed by atoms with E-state index in [1.807, 2.05) is 31.2 Å². The Balaban J connectivity index is 0.000000399. The number of hydrogen-bond donors (Lipinski definition) is 11. The van der Waals surface area contributed by atoms with Gasteiger partial charge in [0.25, 0.3) is 0 Å². The van der Waals surface area contributed by atoms with Crippen LogP contribution >= 0.6 is 23.2 Å². The van der Waals surface area contributed by atoms with Crippen molar-refractivity contribution < 1.29 is 77.1 Å². The number of aliphatic hydroxyl groups excluding tert-OH is 2. The Morgan fingerprint density at radius 3 is 1.23 bits per heavy atom. The second-order valence-electron chi connectivity index (χ2n) is 29.4. The molecule has 111 heavy (non-hydrogen) atoms. The third-order valence-corrected chi connectivity index (χ3v) is 20.6. The standard InChI is InChI=1S/C44H62ClN5O8.C38H55BClN5O8/c1-28(42(56)37(52)11-9-23-50-21-7-4-8-22-50)24-39(54)36(10-5-6-20-46)48-43(57)29(2)25-40(55)41(30(3)51)49-44(58)34(27-47)26-38(53)33-14-12-31(13-15-33)32-16-18-35(45)19-17-32;1-24(37(50)44-32(6-4-5-15-41)34(48)21-25(2)39-52-18-16-43-17-19-53-39)20-35(49)36(26(3)46)45-38(51)30(23-42)22-33(47)29-9-7-27(8-10-29)28-11-13-31(40)14-12-28/h12-19,28-30,34,36,41,51H,4-11,20-27,46-47H2,1-3H3,(H,48,57)(H,49,58);7-14,24-26,30,32,36,43,46H,4-6,15-23,41-42H2,1-3H3,(H,44,50)(H,45,51)/t28-,29-,30-,34+,36+,41+;24-,25-,26-,30+,32+,36+/m11/s1. The molecule has 0 spiro atoms. The number of hydrogen-bond acceptors (Lipinski definition) is 22. The highest BCUT2D eigenvalue weighted by Gasteiger charge is 2.37. The van der Waals surface area contributed by atoms with E-state index in [1.165, 1.54) is 27.2 Å². The lowest BCUT2D eigenvalue weighted by Gasteiger charge is -2.26. The highest BCUT2D eigenvalue weighted by atomic mass is 35.5. The minimum Gasteiger partial charge on any atom is -0.410 e. The van der Waals surface area contributed by atoms with Gasteiger partial charge in [-0.05, 0) is 157 Å². The molecule has 0 radical (unpaired) electrons. The lowest BCUT2D eigenvalue weighted by molar-refractivity contribution is -0.140. The molecule has 4 aromatic carbocycles. The Kier molecular flexibility index (Phi) is 42.1. The maximum atomic E-state index is 13.4. The van der Waals surface area contributed by atoms with Crippen LogP contribution in [0.25, 0.3) is 22.3 Å². The monoisotopic (exact) mass is 1580 g/mol. The first-order chi connectivity index (χ1) is 53.0. The maximum Gasteiger partial charge on any atom is 0.460 e. The molecular formula is C82H117BCl2N10O16. The van der Waals surface area contributed by atoms with Gasteiger partial charge in [-0.2, -0.15) is 0 Å². The number of likely N-dealkylation sites (tertiary alicyclic amines) is 1. The van der Waals surface area contributed by atoms with Gasteiger partial charge in [0.1, 0.15) is 12.1 Å². The SMILES string of the molecule is C[C@H](CC(=O)[C@@H](NC(=O)[C@H](CN)CC(=O)c1ccc(-c2ccc(Cl)cc2)cc1)[C@@H](C)O)C(=O)N[C@@H](CCCCN)C(=O)C[C@@H](C)C(=O)C(=O)CCCN1CCCCC1.C[C@H](CC(=O)[C@H](CCCCN)NC(=O)[C@H](C)CC(=O)[C@@H](NC(=O)[C@H](CN)CC(=O)c1ccc(-c2ccc(Cl)cc2)cc1)[C@@H](C)O)B1OCCNCCO1. The highest BCUT2D eigenvalue weighted by Crippen LogP contribution is 2.27. The fourth-order valence-electron chi connectivity index (χ4n) is 13.1. The van der Waals surface area contributed by atoms with E-state index < -0.39 is 126 Å². The molecule has 0 saturated carbocycles. The van der Waals surface area contributed by atoms with Gasteiger partial charge in [0.15, 0.2) is 40.5 Å². The average Bonchev–Trinajstić information content (AvgIpc) is 0.850. The summed E-state index contributed by atoms with van der Waals surface area (Å²) in [5.41, 5.74) is 27.5. The maximum absolute atomic E-state index is 13.4. The van der Waals surface area contributed by atoms with Crippen molar-refractivity contribution in [2.75, 3.05) is 72.1 Å². The van der Waals surface area contributed by atoms with E-state index in [-0.39, 0.29) is 87.6 Å². The number of rotatable bonds is 47. The number of unbranched alkanes of at least 4 members (excludes halogenated alkanes) is 2. The van der Waals surface area contributed by atoms with Crippen molar-refractivity contribution in [3.05, 3.63) is 118 Å². The van der Waals surface area contributed by atoms with Crippen LogP contribution in [0, 0.1) is 29.6 Å². The Hall–Kier alpha value is -7.64. The van der Waals surface area contributed by atoms with Crippen molar-refractivity contribution in [3.63, 3.8) is 0 Å². The summed E-state index contributed by atoms with van der Waals surface area (Å²) in [6.45, 7) is 14.6. The lowest BCUT2D eigenvalue weighted by atomic mass is 9.69. The first kappa shape index (κ1) is 94.0. The minimum absolute atomic E-state index is 0.120. The zero-order chi connectivity index (χ0) is 81.7. The number of aliphatic hydroxyl groups is 2. The van der Waals surface area contributed by atoms with Crippen LogP contribution in [0.1, 0.15) is 171 Å². The van der Waals surface area contributed by atoms with E-state index in [0.29, 0.717) is 99.1 Å². The first-order valence-corrected chi connectivity index (χ1v) is 39.7. The van der Waals surface area contributed by atoms with Crippen LogP contribution < -0.4 is 49.5 Å². The summed E-state index contributed by atoms with van der Waals surface area (Å²) >= 11 is 12.0. The molecule has 2 aliphatic rings. The third-order valence-electron chi connectivity index (χ3n) is 20.1. The van der Waals surface area contributed by atoms with Crippen LogP contribution in [-0.4, -0.2) is 201 Å². The number of benzene rings is 4. The molecule has 4 aromatic rings. The highest BCUT2D eigenvalue weighted by molar-refractivity contribution is 6.46. The van der Waals surface area contributed by atoms with Crippen LogP contribution in [0.5, 0.6) is 0 Å². The molecule has 2 fully saturated rings. The molecule has 6 rings (SSSR count). The summed E-state index contributed by atoms with van der Waals surface area (Å²) in [5, 5.41) is 36.0. The normalized spacial score (nSPS) is 16.6. The smallest absolute Gasteiger partial charge is 0.410 e. The molecule has 12 atom stereocenters. The third kappa shape index (κ3) is 32.4. The zero-order valence-electron chi connectivity index (χ0n) is 65.2. The number of Topliss-reactive ketones (excluding diaryl/α,β-unsaturated/α-hetero) is 8. The first-order valence-electron chi connectivity index (χ1n) is 39.0. The van der Waals surface area contributed by atoms with Crippen molar-refractivity contribution >= 4 is 100 Å². The summed E-state index contributed by atoms with van der Waals surface area (Å²) in [6, 6.07) is 23.9. The quantitative estimate of drug-likeness (QED) is 0.00923. The topological polar surface area (TPSA) is 431 Å². The summed E-state index contributed by atoms with van der Waals surface area (Å²) in [6.07, 6.45) is 3.34. The Morgan fingerprint density at radius 1 is 0.468 bits per heavy atom. The Labute approximate surface area is 663 Å². The predicted molar refractivity (Wildman–Crippen MR) is 429 cm³/mol. The number of halogens is 2. The molecule has 0 aliphatic carbocycles. The molecule has 0 aromatic heterocycles. The molecule has 608 valence electrons. The molecule has 26 nitrogen and oxygen atoms in total. The second kappa shape index (κ2) is 49.8. The molecular weight excluding hydrogens is 1460 g/mol. The molecule has 15 N–H and O–H groups in total. The molecule has 29 heteroatoms. The summed E-state index contributed by atoms with van der Waals surface area (Å²) < 4.78 is 11.6. The Morgan fingerprint density at radius 2 is 0.847 bits per heavy atom. The number of ketones is 8. The van der Waals surface area contributed by atoms with E-state index in [1.54, 1.807) is 86.6 Å². The van der Waals surface area contributed by atoms with Crippen molar-refractivity contribution in [2.24, 2.45) is 52.5 Å². The second-order valence-corrected chi connectivity index (χ2v) is 30.3. The van der Waals surface area contributed by atoms with Gasteiger partial charge < -0.3 is 73.9 Å². The molecule has 2 saturated heterocycles. The molecule has 2 heterocycles. The average molecular weight is 1580 g/mol.